The molecule has 1 saturated heterocycles. The molecule has 1 N–H and O–H groups in total. The first kappa shape index (κ1) is 11.6. The van der Waals surface area contributed by atoms with Crippen LogP contribution in [0.15, 0.2) is 24.3 Å². The van der Waals surface area contributed by atoms with E-state index in [4.69, 9.17) is 4.74 Å². The Hall–Kier alpha value is -0.860. The Labute approximate surface area is 98.0 Å². The molecular formula is C14H21NO. The van der Waals surface area contributed by atoms with E-state index in [-0.39, 0.29) is 11.7 Å². The molecule has 1 aromatic rings. The van der Waals surface area contributed by atoms with Crippen molar-refractivity contribution in [3.8, 4) is 0 Å². The molecule has 16 heavy (non-hydrogen) atoms. The van der Waals surface area contributed by atoms with E-state index in [0.29, 0.717) is 0 Å². The smallest absolute Gasteiger partial charge is 0.0959 e. The van der Waals surface area contributed by atoms with Gasteiger partial charge >= 0.3 is 0 Å². The number of hydrogen-bond donors (Lipinski definition) is 1. The van der Waals surface area contributed by atoms with Gasteiger partial charge in [-0.2, -0.15) is 0 Å². The van der Waals surface area contributed by atoms with E-state index in [1.54, 1.807) is 0 Å². The van der Waals surface area contributed by atoms with Crippen molar-refractivity contribution in [1.29, 1.82) is 0 Å². The summed E-state index contributed by atoms with van der Waals surface area (Å²) in [6, 6.07) is 8.48. The van der Waals surface area contributed by atoms with Gasteiger partial charge in [0.15, 0.2) is 0 Å². The molecule has 2 unspecified atom stereocenters. The Morgan fingerprint density at radius 1 is 1.44 bits per heavy atom. The molecule has 0 bridgehead atoms. The van der Waals surface area contributed by atoms with Crippen LogP contribution in [0.2, 0.25) is 0 Å². The first-order chi connectivity index (χ1) is 7.64. The van der Waals surface area contributed by atoms with Crippen LogP contribution in [0.25, 0.3) is 0 Å². The van der Waals surface area contributed by atoms with Crippen LogP contribution in [-0.4, -0.2) is 18.7 Å². The first-order valence-electron chi connectivity index (χ1n) is 6.09. The largest absolute Gasteiger partial charge is 0.365 e. The van der Waals surface area contributed by atoms with Gasteiger partial charge in [0.2, 0.25) is 0 Å². The maximum atomic E-state index is 6.23. The minimum atomic E-state index is -0.0226. The summed E-state index contributed by atoms with van der Waals surface area (Å²) >= 11 is 0. The van der Waals surface area contributed by atoms with Crippen molar-refractivity contribution in [3.05, 3.63) is 35.4 Å². The van der Waals surface area contributed by atoms with Crippen LogP contribution >= 0.6 is 0 Å². The lowest BCUT2D eigenvalue weighted by atomic mass is 9.97. The highest BCUT2D eigenvalue weighted by molar-refractivity contribution is 5.28. The normalized spacial score (nSPS) is 30.3. The second-order valence-electron chi connectivity index (χ2n) is 4.90. The molecule has 0 spiro atoms. The highest BCUT2D eigenvalue weighted by Gasteiger charge is 2.32. The van der Waals surface area contributed by atoms with E-state index in [0.717, 1.165) is 19.5 Å². The van der Waals surface area contributed by atoms with Crippen LogP contribution in [0.3, 0.4) is 0 Å². The summed E-state index contributed by atoms with van der Waals surface area (Å²) in [6.45, 7) is 8.38. The zero-order valence-electron chi connectivity index (χ0n) is 10.4. The number of morpholine rings is 1. The van der Waals surface area contributed by atoms with Gasteiger partial charge < -0.3 is 10.1 Å². The Kier molecular flexibility index (Phi) is 3.31. The number of hydrogen-bond acceptors (Lipinski definition) is 2. The third-order valence-electron chi connectivity index (χ3n) is 3.54. The minimum absolute atomic E-state index is 0.0226. The lowest BCUT2D eigenvalue weighted by molar-refractivity contribution is -0.109. The lowest BCUT2D eigenvalue weighted by Crippen LogP contribution is -2.48. The van der Waals surface area contributed by atoms with E-state index in [9.17, 15) is 0 Å². The van der Waals surface area contributed by atoms with Gasteiger partial charge in [-0.3, -0.25) is 0 Å². The van der Waals surface area contributed by atoms with Crippen molar-refractivity contribution < 1.29 is 4.74 Å². The summed E-state index contributed by atoms with van der Waals surface area (Å²) in [4.78, 5) is 0. The maximum Gasteiger partial charge on any atom is 0.0959 e. The fourth-order valence-electron chi connectivity index (χ4n) is 2.22. The minimum Gasteiger partial charge on any atom is -0.365 e. The van der Waals surface area contributed by atoms with Gasteiger partial charge in [0.25, 0.3) is 0 Å². The SMILES string of the molecule is CCC1(C)CNCC(c2ccccc2C)O1. The summed E-state index contributed by atoms with van der Waals surface area (Å²) in [5, 5.41) is 3.48. The topological polar surface area (TPSA) is 21.3 Å². The molecule has 1 aliphatic heterocycles. The molecule has 88 valence electrons. The number of nitrogens with one attached hydrogen (secondary N) is 1. The molecule has 2 atom stereocenters. The van der Waals surface area contributed by atoms with Gasteiger partial charge in [-0.25, -0.2) is 0 Å². The van der Waals surface area contributed by atoms with Gasteiger partial charge in [-0.1, -0.05) is 31.2 Å². The van der Waals surface area contributed by atoms with Gasteiger partial charge in [0.1, 0.15) is 0 Å². The van der Waals surface area contributed by atoms with E-state index in [1.165, 1.54) is 11.1 Å². The predicted molar refractivity (Wildman–Crippen MR) is 66.6 cm³/mol. The molecule has 1 heterocycles. The number of rotatable bonds is 2. The molecule has 2 heteroatoms. The fraction of sp³-hybridized carbons (Fsp3) is 0.571. The Balaban J connectivity index is 2.19. The van der Waals surface area contributed by atoms with Crippen molar-refractivity contribution >= 4 is 0 Å². The highest BCUT2D eigenvalue weighted by Crippen LogP contribution is 2.30. The van der Waals surface area contributed by atoms with E-state index in [1.807, 2.05) is 0 Å². The highest BCUT2D eigenvalue weighted by atomic mass is 16.5. The van der Waals surface area contributed by atoms with Gasteiger partial charge in [-0.05, 0) is 31.4 Å². The Bertz CT molecular complexity index is 364. The van der Waals surface area contributed by atoms with Crippen LogP contribution < -0.4 is 5.32 Å². The van der Waals surface area contributed by atoms with Crippen molar-refractivity contribution in [3.63, 3.8) is 0 Å². The van der Waals surface area contributed by atoms with Crippen molar-refractivity contribution in [2.24, 2.45) is 0 Å². The molecule has 1 aliphatic rings. The molecule has 1 aromatic carbocycles. The summed E-state index contributed by atoms with van der Waals surface area (Å²) in [7, 11) is 0. The molecule has 0 radical (unpaired) electrons. The third kappa shape index (κ3) is 2.28. The van der Waals surface area contributed by atoms with Gasteiger partial charge in [0.05, 0.1) is 11.7 Å². The van der Waals surface area contributed by atoms with Crippen molar-refractivity contribution in [1.82, 2.24) is 5.32 Å². The van der Waals surface area contributed by atoms with E-state index >= 15 is 0 Å². The van der Waals surface area contributed by atoms with Crippen molar-refractivity contribution in [2.45, 2.75) is 38.9 Å². The zero-order valence-corrected chi connectivity index (χ0v) is 10.4. The number of aryl methyl sites for hydroxylation is 1. The molecular weight excluding hydrogens is 198 g/mol. The van der Waals surface area contributed by atoms with E-state index in [2.05, 4.69) is 50.4 Å². The second-order valence-corrected chi connectivity index (χ2v) is 4.90. The van der Waals surface area contributed by atoms with Gasteiger partial charge in [0, 0.05) is 13.1 Å². The van der Waals surface area contributed by atoms with Crippen LogP contribution in [0, 0.1) is 6.92 Å². The number of benzene rings is 1. The van der Waals surface area contributed by atoms with Crippen LogP contribution in [0.5, 0.6) is 0 Å². The summed E-state index contributed by atoms with van der Waals surface area (Å²) in [5.74, 6) is 0. The van der Waals surface area contributed by atoms with Crippen LogP contribution in [0.1, 0.15) is 37.5 Å². The average Bonchev–Trinajstić information content (AvgIpc) is 2.30. The maximum absolute atomic E-state index is 6.23. The zero-order chi connectivity index (χ0) is 11.6. The standard InChI is InChI=1S/C14H21NO/c1-4-14(3)10-15-9-13(16-14)12-8-6-5-7-11(12)2/h5-8,13,15H,4,9-10H2,1-3H3. The predicted octanol–water partition coefficient (Wildman–Crippen LogP) is 2.82. The quantitative estimate of drug-likeness (QED) is 0.826. The van der Waals surface area contributed by atoms with Gasteiger partial charge in [-0.15, -0.1) is 0 Å². The molecule has 1 fully saturated rings. The fourth-order valence-corrected chi connectivity index (χ4v) is 2.22. The molecule has 0 amide bonds. The van der Waals surface area contributed by atoms with E-state index < -0.39 is 0 Å². The molecule has 0 aliphatic carbocycles. The monoisotopic (exact) mass is 219 g/mol. The summed E-state index contributed by atoms with van der Waals surface area (Å²) in [5.41, 5.74) is 2.61. The van der Waals surface area contributed by atoms with Crippen LogP contribution in [-0.2, 0) is 4.74 Å². The summed E-state index contributed by atoms with van der Waals surface area (Å²) < 4.78 is 6.23. The third-order valence-corrected chi connectivity index (χ3v) is 3.54. The first-order valence-corrected chi connectivity index (χ1v) is 6.09. The number of ether oxygens (including phenoxy) is 1. The molecule has 0 aromatic heterocycles. The average molecular weight is 219 g/mol. The Morgan fingerprint density at radius 3 is 2.88 bits per heavy atom. The summed E-state index contributed by atoms with van der Waals surface area (Å²) in [6.07, 6.45) is 1.24. The second kappa shape index (κ2) is 4.56. The Morgan fingerprint density at radius 2 is 2.19 bits per heavy atom. The molecule has 2 nitrogen and oxygen atoms in total. The molecule has 2 rings (SSSR count). The lowest BCUT2D eigenvalue weighted by Gasteiger charge is -2.39. The molecule has 0 saturated carbocycles. The van der Waals surface area contributed by atoms with Crippen LogP contribution in [0.4, 0.5) is 0 Å². The van der Waals surface area contributed by atoms with Crippen molar-refractivity contribution in [2.75, 3.05) is 13.1 Å².